The van der Waals surface area contributed by atoms with E-state index >= 15 is 0 Å². The smallest absolute Gasteiger partial charge is 0.411 e. The minimum Gasteiger partial charge on any atom is -0.444 e. The number of piperidine rings is 1. The van der Waals surface area contributed by atoms with Crippen molar-refractivity contribution in [3.8, 4) is 0 Å². The van der Waals surface area contributed by atoms with Crippen molar-refractivity contribution in [2.24, 2.45) is 0 Å². The van der Waals surface area contributed by atoms with Crippen molar-refractivity contribution in [1.82, 2.24) is 9.88 Å². The van der Waals surface area contributed by atoms with Crippen molar-refractivity contribution < 1.29 is 13.9 Å². The first-order valence-corrected chi connectivity index (χ1v) is 8.17. The van der Waals surface area contributed by atoms with Crippen molar-refractivity contribution in [2.75, 3.05) is 0 Å². The van der Waals surface area contributed by atoms with E-state index in [9.17, 15) is 9.18 Å². The van der Waals surface area contributed by atoms with Crippen LogP contribution < -0.4 is 0 Å². The zero-order chi connectivity index (χ0) is 16.6. The predicted octanol–water partition coefficient (Wildman–Crippen LogP) is 4.17. The second kappa shape index (κ2) is 5.95. The Morgan fingerprint density at radius 3 is 2.74 bits per heavy atom. The number of ether oxygens (including phenoxy) is 1. The van der Waals surface area contributed by atoms with Crippen LogP contribution in [0.25, 0.3) is 5.57 Å². The van der Waals surface area contributed by atoms with Crippen molar-refractivity contribution >= 4 is 11.7 Å². The number of nitrogens with zero attached hydrogens (tertiary/aromatic N) is 2. The molecule has 2 aliphatic heterocycles. The molecule has 2 aliphatic rings. The lowest BCUT2D eigenvalue weighted by atomic mass is 9.83. The van der Waals surface area contributed by atoms with Crippen LogP contribution in [0.5, 0.6) is 0 Å². The topological polar surface area (TPSA) is 42.4 Å². The molecule has 2 unspecified atom stereocenters. The number of halogens is 1. The van der Waals surface area contributed by atoms with E-state index in [4.69, 9.17) is 4.74 Å². The molecule has 23 heavy (non-hydrogen) atoms. The lowest BCUT2D eigenvalue weighted by Gasteiger charge is -2.45. The van der Waals surface area contributed by atoms with Gasteiger partial charge >= 0.3 is 6.09 Å². The minimum absolute atomic E-state index is 0.0532. The average molecular weight is 318 g/mol. The molecule has 2 bridgehead atoms. The first-order chi connectivity index (χ1) is 10.8. The fourth-order valence-corrected chi connectivity index (χ4v) is 3.41. The molecule has 0 N–H and O–H groups in total. The fraction of sp³-hybridized carbons (Fsp3) is 0.556. The number of fused-ring (bicyclic) bond motifs is 2. The molecule has 5 heteroatoms. The second-order valence-corrected chi connectivity index (χ2v) is 7.31. The Balaban J connectivity index is 1.84. The van der Waals surface area contributed by atoms with E-state index < -0.39 is 11.5 Å². The summed E-state index contributed by atoms with van der Waals surface area (Å²) < 4.78 is 18.6. The normalized spacial score (nSPS) is 24.2. The number of carbonyl (C=O) groups excluding carboxylic acids is 1. The third kappa shape index (κ3) is 3.54. The van der Waals surface area contributed by atoms with Crippen LogP contribution in [0.1, 0.15) is 52.0 Å². The van der Waals surface area contributed by atoms with Gasteiger partial charge in [-0.2, -0.15) is 4.39 Å². The monoisotopic (exact) mass is 318 g/mol. The molecule has 1 saturated heterocycles. The Kier molecular flexibility index (Phi) is 4.13. The van der Waals surface area contributed by atoms with Crippen molar-refractivity contribution in [3.05, 3.63) is 35.9 Å². The molecule has 3 rings (SSSR count). The highest BCUT2D eigenvalue weighted by Crippen LogP contribution is 2.37. The number of pyridine rings is 1. The Morgan fingerprint density at radius 1 is 1.35 bits per heavy atom. The molecule has 1 fully saturated rings. The molecule has 2 atom stereocenters. The molecule has 124 valence electrons. The van der Waals surface area contributed by atoms with Gasteiger partial charge in [-0.15, -0.1) is 0 Å². The van der Waals surface area contributed by atoms with E-state index in [2.05, 4.69) is 11.1 Å². The molecule has 0 saturated carbocycles. The van der Waals surface area contributed by atoms with Gasteiger partial charge in [-0.3, -0.25) is 4.90 Å². The quantitative estimate of drug-likeness (QED) is 0.730. The molecule has 3 heterocycles. The largest absolute Gasteiger partial charge is 0.444 e. The van der Waals surface area contributed by atoms with Gasteiger partial charge in [0, 0.05) is 12.2 Å². The standard InChI is InChI=1S/C18H23FN2O2/c1-18(2,3)23-17(22)21-14-5-4-6-15(21)10-13(9-14)12-7-8-16(19)20-11-12/h7-9,11,14-15H,4-6,10H2,1-3H3. The lowest BCUT2D eigenvalue weighted by Crippen LogP contribution is -2.53. The molecule has 0 aromatic carbocycles. The Hall–Kier alpha value is -1.91. The maximum Gasteiger partial charge on any atom is 0.411 e. The van der Waals surface area contributed by atoms with E-state index in [1.807, 2.05) is 25.7 Å². The van der Waals surface area contributed by atoms with E-state index in [1.165, 1.54) is 6.07 Å². The first kappa shape index (κ1) is 16.0. The highest BCUT2D eigenvalue weighted by atomic mass is 19.1. The maximum atomic E-state index is 13.0. The number of hydrogen-bond acceptors (Lipinski definition) is 3. The molecule has 0 spiro atoms. The first-order valence-electron chi connectivity index (χ1n) is 8.17. The summed E-state index contributed by atoms with van der Waals surface area (Å²) in [5, 5.41) is 0. The third-order valence-electron chi connectivity index (χ3n) is 4.34. The molecule has 1 aromatic heterocycles. The summed E-state index contributed by atoms with van der Waals surface area (Å²) in [6.07, 6.45) is 7.24. The molecular weight excluding hydrogens is 295 g/mol. The Morgan fingerprint density at radius 2 is 2.13 bits per heavy atom. The van der Waals surface area contributed by atoms with Crippen LogP contribution in [0.15, 0.2) is 24.4 Å². The van der Waals surface area contributed by atoms with Crippen LogP contribution in [-0.2, 0) is 4.74 Å². The summed E-state index contributed by atoms with van der Waals surface area (Å²) in [6, 6.07) is 3.34. The number of carbonyl (C=O) groups is 1. The molecule has 0 aliphatic carbocycles. The van der Waals surface area contributed by atoms with Crippen LogP contribution in [-0.4, -0.2) is 33.7 Å². The molecule has 4 nitrogen and oxygen atoms in total. The second-order valence-electron chi connectivity index (χ2n) is 7.31. The molecule has 0 radical (unpaired) electrons. The summed E-state index contributed by atoms with van der Waals surface area (Å²) in [4.78, 5) is 18.1. The van der Waals surface area contributed by atoms with Crippen molar-refractivity contribution in [1.29, 1.82) is 0 Å². The van der Waals surface area contributed by atoms with Crippen LogP contribution in [0.3, 0.4) is 0 Å². The van der Waals surface area contributed by atoms with Gasteiger partial charge in [0.1, 0.15) is 5.60 Å². The maximum absolute atomic E-state index is 13.0. The van der Waals surface area contributed by atoms with Gasteiger partial charge in [0.25, 0.3) is 0 Å². The Bertz CT molecular complexity index is 619. The zero-order valence-electron chi connectivity index (χ0n) is 13.9. The van der Waals surface area contributed by atoms with Gasteiger partial charge in [-0.1, -0.05) is 6.08 Å². The van der Waals surface area contributed by atoms with E-state index in [1.54, 1.807) is 12.3 Å². The third-order valence-corrected chi connectivity index (χ3v) is 4.34. The summed E-state index contributed by atoms with van der Waals surface area (Å²) in [6.45, 7) is 5.65. The number of rotatable bonds is 1. The van der Waals surface area contributed by atoms with Crippen LogP contribution in [0, 0.1) is 5.95 Å². The molecule has 1 aromatic rings. The van der Waals surface area contributed by atoms with Gasteiger partial charge in [0.05, 0.1) is 6.04 Å². The van der Waals surface area contributed by atoms with E-state index in [0.29, 0.717) is 0 Å². The fourth-order valence-electron chi connectivity index (χ4n) is 3.41. The minimum atomic E-state index is -0.490. The Labute approximate surface area is 136 Å². The van der Waals surface area contributed by atoms with Crippen molar-refractivity contribution in [3.63, 3.8) is 0 Å². The van der Waals surface area contributed by atoms with E-state index in [-0.39, 0.29) is 18.2 Å². The number of hydrogen-bond donors (Lipinski definition) is 0. The van der Waals surface area contributed by atoms with Gasteiger partial charge in [0.2, 0.25) is 5.95 Å². The number of amides is 1. The average Bonchev–Trinajstić information content (AvgIpc) is 2.44. The van der Waals surface area contributed by atoms with E-state index in [0.717, 1.165) is 36.8 Å². The van der Waals surface area contributed by atoms with Crippen LogP contribution in [0.2, 0.25) is 0 Å². The summed E-state index contributed by atoms with van der Waals surface area (Å²) in [7, 11) is 0. The summed E-state index contributed by atoms with van der Waals surface area (Å²) in [5.41, 5.74) is 1.59. The van der Waals surface area contributed by atoms with Crippen molar-refractivity contribution in [2.45, 2.75) is 64.1 Å². The van der Waals surface area contributed by atoms with Crippen LogP contribution >= 0.6 is 0 Å². The molecular formula is C18H23FN2O2. The highest BCUT2D eigenvalue weighted by Gasteiger charge is 2.39. The summed E-state index contributed by atoms with van der Waals surface area (Å²) in [5.74, 6) is -0.472. The predicted molar refractivity (Wildman–Crippen MR) is 86.3 cm³/mol. The van der Waals surface area contributed by atoms with Gasteiger partial charge in [-0.05, 0) is 69.7 Å². The SMILES string of the molecule is CC(C)(C)OC(=O)N1C2C=C(c3ccc(F)nc3)CC1CCC2. The zero-order valence-corrected chi connectivity index (χ0v) is 13.9. The van der Waals surface area contributed by atoms with Gasteiger partial charge in [-0.25, -0.2) is 9.78 Å². The number of aromatic nitrogens is 1. The van der Waals surface area contributed by atoms with Crippen LogP contribution in [0.4, 0.5) is 9.18 Å². The summed E-state index contributed by atoms with van der Waals surface area (Å²) >= 11 is 0. The lowest BCUT2D eigenvalue weighted by molar-refractivity contribution is 0.0000857. The van der Waals surface area contributed by atoms with Gasteiger partial charge in [0.15, 0.2) is 0 Å². The van der Waals surface area contributed by atoms with Gasteiger partial charge < -0.3 is 4.74 Å². The molecule has 1 amide bonds. The highest BCUT2D eigenvalue weighted by molar-refractivity contribution is 5.74.